The van der Waals surface area contributed by atoms with Crippen LogP contribution in [-0.2, 0) is 19.6 Å². The molecule has 2 heterocycles. The van der Waals surface area contributed by atoms with E-state index in [0.717, 1.165) is 25.1 Å². The van der Waals surface area contributed by atoms with Crippen LogP contribution < -0.4 is 5.32 Å². The first-order valence-electron chi connectivity index (χ1n) is 8.16. The summed E-state index contributed by atoms with van der Waals surface area (Å²) in [6.07, 6.45) is 8.34. The van der Waals surface area contributed by atoms with E-state index in [-0.39, 0.29) is 12.1 Å². The average molecular weight is 318 g/mol. The smallest absolute Gasteiger partial charge is 0.317 e. The highest BCUT2D eigenvalue weighted by molar-refractivity contribution is 5.74. The molecular weight excluding hydrogens is 292 g/mol. The summed E-state index contributed by atoms with van der Waals surface area (Å²) in [5, 5.41) is 11.5. The largest absolute Gasteiger partial charge is 0.335 e. The molecular formula is C16H26N6O. The third-order valence-corrected chi connectivity index (χ3v) is 3.77. The Balaban J connectivity index is 1.81. The van der Waals surface area contributed by atoms with Gasteiger partial charge in [-0.3, -0.25) is 9.36 Å². The number of nitrogens with zero attached hydrogens (tertiary/aromatic N) is 5. The molecule has 0 aliphatic rings. The van der Waals surface area contributed by atoms with Gasteiger partial charge in [-0.25, -0.2) is 4.79 Å². The third-order valence-electron chi connectivity index (χ3n) is 3.77. The number of amides is 2. The molecule has 0 unspecified atom stereocenters. The summed E-state index contributed by atoms with van der Waals surface area (Å²) in [4.78, 5) is 14.2. The molecule has 0 fully saturated rings. The van der Waals surface area contributed by atoms with E-state index < -0.39 is 0 Å². The molecule has 1 atom stereocenters. The third kappa shape index (κ3) is 5.12. The second kappa shape index (κ2) is 8.36. The number of hydrogen-bond donors (Lipinski definition) is 1. The number of rotatable bonds is 8. The van der Waals surface area contributed by atoms with Crippen LogP contribution in [0.3, 0.4) is 0 Å². The van der Waals surface area contributed by atoms with Crippen LogP contribution in [0.15, 0.2) is 30.9 Å². The molecule has 0 bridgehead atoms. The molecule has 2 aromatic heterocycles. The van der Waals surface area contributed by atoms with E-state index in [0.29, 0.717) is 13.1 Å². The van der Waals surface area contributed by atoms with Gasteiger partial charge in [0, 0.05) is 49.8 Å². The van der Waals surface area contributed by atoms with Crippen LogP contribution in [0.25, 0.3) is 0 Å². The molecule has 1 N–H and O–H groups in total. The van der Waals surface area contributed by atoms with Crippen LogP contribution >= 0.6 is 0 Å². The molecule has 0 aliphatic carbocycles. The Morgan fingerprint density at radius 1 is 1.35 bits per heavy atom. The minimum atomic E-state index is -0.0373. The van der Waals surface area contributed by atoms with Crippen molar-refractivity contribution in [3.63, 3.8) is 0 Å². The fourth-order valence-electron chi connectivity index (χ4n) is 2.34. The predicted molar refractivity (Wildman–Crippen MR) is 88.8 cm³/mol. The molecule has 2 amide bonds. The summed E-state index contributed by atoms with van der Waals surface area (Å²) >= 11 is 0. The minimum Gasteiger partial charge on any atom is -0.335 e. The highest BCUT2D eigenvalue weighted by Crippen LogP contribution is 2.05. The van der Waals surface area contributed by atoms with Gasteiger partial charge in [0.2, 0.25) is 0 Å². The van der Waals surface area contributed by atoms with Crippen molar-refractivity contribution in [2.24, 2.45) is 0 Å². The number of hydrogen-bond acceptors (Lipinski definition) is 3. The van der Waals surface area contributed by atoms with E-state index in [4.69, 9.17) is 0 Å². The molecule has 0 aliphatic heterocycles. The predicted octanol–water partition coefficient (Wildman–Crippen LogP) is 2.11. The van der Waals surface area contributed by atoms with Crippen molar-refractivity contribution in [1.82, 2.24) is 29.8 Å². The van der Waals surface area contributed by atoms with Gasteiger partial charge in [0.1, 0.15) is 0 Å². The zero-order valence-electron chi connectivity index (χ0n) is 14.1. The maximum Gasteiger partial charge on any atom is 0.317 e. The van der Waals surface area contributed by atoms with Gasteiger partial charge in [-0.05, 0) is 33.3 Å². The van der Waals surface area contributed by atoms with E-state index in [1.807, 2.05) is 54.8 Å². The molecule has 0 saturated carbocycles. The number of aromatic nitrogens is 4. The number of carbonyl (C=O) groups excluding carboxylic acids is 1. The summed E-state index contributed by atoms with van der Waals surface area (Å²) in [6.45, 7) is 8.92. The van der Waals surface area contributed by atoms with E-state index in [2.05, 4.69) is 15.5 Å². The zero-order valence-corrected chi connectivity index (χ0v) is 14.1. The van der Waals surface area contributed by atoms with Crippen molar-refractivity contribution in [2.75, 3.05) is 6.54 Å². The normalized spacial score (nSPS) is 12.1. The van der Waals surface area contributed by atoms with Crippen LogP contribution in [0.2, 0.25) is 0 Å². The number of nitrogens with one attached hydrogen (secondary N) is 1. The lowest BCUT2D eigenvalue weighted by Gasteiger charge is -2.23. The summed E-state index contributed by atoms with van der Waals surface area (Å²) in [7, 11) is 0. The number of carbonyl (C=O) groups is 1. The standard InChI is InChI=1S/C16H26N6O/c1-4-20(12-15-11-18-21(5-2)13-15)16(23)19-14(3)7-10-22-9-6-8-17-22/h6,8-9,11,13-14H,4-5,7,10,12H2,1-3H3,(H,19,23)/t14-/m1/s1. The highest BCUT2D eigenvalue weighted by Gasteiger charge is 2.15. The van der Waals surface area contributed by atoms with Crippen molar-refractivity contribution in [3.8, 4) is 0 Å². The summed E-state index contributed by atoms with van der Waals surface area (Å²) < 4.78 is 3.74. The summed E-state index contributed by atoms with van der Waals surface area (Å²) in [6, 6.07) is 1.96. The molecule has 0 spiro atoms. The van der Waals surface area contributed by atoms with E-state index in [9.17, 15) is 4.79 Å². The Morgan fingerprint density at radius 3 is 2.78 bits per heavy atom. The van der Waals surface area contributed by atoms with Gasteiger partial charge in [-0.15, -0.1) is 0 Å². The van der Waals surface area contributed by atoms with Crippen LogP contribution in [0, 0.1) is 0 Å². The van der Waals surface area contributed by atoms with Crippen LogP contribution in [0.1, 0.15) is 32.8 Å². The molecule has 2 aromatic rings. The van der Waals surface area contributed by atoms with Gasteiger partial charge in [0.05, 0.1) is 12.7 Å². The Labute approximate surface area is 137 Å². The number of aryl methyl sites for hydroxylation is 2. The van der Waals surface area contributed by atoms with Crippen LogP contribution in [0.5, 0.6) is 0 Å². The lowest BCUT2D eigenvalue weighted by Crippen LogP contribution is -2.43. The first kappa shape index (κ1) is 17.1. The SMILES string of the molecule is CCN(Cc1cnn(CC)c1)C(=O)N[C@H](C)CCn1cccn1. The van der Waals surface area contributed by atoms with Gasteiger partial charge in [-0.2, -0.15) is 10.2 Å². The molecule has 7 heteroatoms. The fourth-order valence-corrected chi connectivity index (χ4v) is 2.34. The average Bonchev–Trinajstić information content (AvgIpc) is 3.21. The van der Waals surface area contributed by atoms with Gasteiger partial charge in [-0.1, -0.05) is 0 Å². The van der Waals surface area contributed by atoms with E-state index >= 15 is 0 Å². The first-order valence-corrected chi connectivity index (χ1v) is 8.16. The molecule has 0 saturated heterocycles. The topological polar surface area (TPSA) is 68.0 Å². The van der Waals surface area contributed by atoms with Gasteiger partial charge >= 0.3 is 6.03 Å². The second-order valence-electron chi connectivity index (χ2n) is 5.63. The lowest BCUT2D eigenvalue weighted by atomic mass is 10.2. The van der Waals surface area contributed by atoms with Crippen LogP contribution in [0.4, 0.5) is 4.79 Å². The molecule has 0 aromatic carbocycles. The van der Waals surface area contributed by atoms with Crippen molar-refractivity contribution >= 4 is 6.03 Å². The maximum absolute atomic E-state index is 12.4. The molecule has 23 heavy (non-hydrogen) atoms. The second-order valence-corrected chi connectivity index (χ2v) is 5.63. The molecule has 2 rings (SSSR count). The summed E-state index contributed by atoms with van der Waals surface area (Å²) in [5.41, 5.74) is 1.05. The Kier molecular flexibility index (Phi) is 6.19. The summed E-state index contributed by atoms with van der Waals surface area (Å²) in [5.74, 6) is 0. The zero-order chi connectivity index (χ0) is 16.7. The Hall–Kier alpha value is -2.31. The fraction of sp³-hybridized carbons (Fsp3) is 0.562. The molecule has 126 valence electrons. The van der Waals surface area contributed by atoms with Crippen molar-refractivity contribution in [1.29, 1.82) is 0 Å². The van der Waals surface area contributed by atoms with Crippen molar-refractivity contribution < 1.29 is 4.79 Å². The minimum absolute atomic E-state index is 0.0373. The lowest BCUT2D eigenvalue weighted by molar-refractivity contribution is 0.193. The van der Waals surface area contributed by atoms with Gasteiger partial charge in [0.25, 0.3) is 0 Å². The van der Waals surface area contributed by atoms with Gasteiger partial charge < -0.3 is 10.2 Å². The first-order chi connectivity index (χ1) is 11.1. The van der Waals surface area contributed by atoms with Crippen molar-refractivity contribution in [2.45, 2.75) is 52.9 Å². The Morgan fingerprint density at radius 2 is 2.17 bits per heavy atom. The molecule has 0 radical (unpaired) electrons. The van der Waals surface area contributed by atoms with Crippen LogP contribution in [-0.4, -0.2) is 43.1 Å². The van der Waals surface area contributed by atoms with E-state index in [1.54, 1.807) is 11.1 Å². The number of urea groups is 1. The van der Waals surface area contributed by atoms with Crippen molar-refractivity contribution in [3.05, 3.63) is 36.4 Å². The maximum atomic E-state index is 12.4. The molecule has 7 nitrogen and oxygen atoms in total. The highest BCUT2D eigenvalue weighted by atomic mass is 16.2. The van der Waals surface area contributed by atoms with Gasteiger partial charge in [0.15, 0.2) is 0 Å². The quantitative estimate of drug-likeness (QED) is 0.810. The Bertz CT molecular complexity index is 591. The van der Waals surface area contributed by atoms with E-state index in [1.165, 1.54) is 0 Å². The monoisotopic (exact) mass is 318 g/mol.